The Morgan fingerprint density at radius 2 is 2.03 bits per heavy atom. The van der Waals surface area contributed by atoms with Crippen LogP contribution in [0.2, 0.25) is 0 Å². The minimum absolute atomic E-state index is 0.0589. The highest BCUT2D eigenvalue weighted by atomic mass is 16.5. The van der Waals surface area contributed by atoms with E-state index in [4.69, 9.17) is 9.15 Å². The molecule has 0 spiro atoms. The maximum atomic E-state index is 13.1. The molecule has 152 valence electrons. The summed E-state index contributed by atoms with van der Waals surface area (Å²) in [5, 5.41) is 4.39. The van der Waals surface area contributed by atoms with Gasteiger partial charge in [-0.1, -0.05) is 19.9 Å². The Labute approximate surface area is 169 Å². The molecule has 0 bridgehead atoms. The van der Waals surface area contributed by atoms with Crippen LogP contribution in [0.1, 0.15) is 57.7 Å². The lowest BCUT2D eigenvalue weighted by molar-refractivity contribution is 0.0598. The van der Waals surface area contributed by atoms with Crippen LogP contribution in [0.5, 0.6) is 0 Å². The molecule has 0 aliphatic carbocycles. The largest absolute Gasteiger partial charge is 0.465 e. The van der Waals surface area contributed by atoms with Gasteiger partial charge in [0, 0.05) is 13.2 Å². The number of amides is 1. The lowest BCUT2D eigenvalue weighted by Gasteiger charge is -2.17. The molecule has 8 heteroatoms. The number of carbonyl (C=O) groups is 2. The van der Waals surface area contributed by atoms with Gasteiger partial charge in [0.25, 0.3) is 5.91 Å². The summed E-state index contributed by atoms with van der Waals surface area (Å²) in [6, 6.07) is 7.15. The number of carbonyl (C=O) groups excluding carboxylic acids is 2. The fraction of sp³-hybridized carbons (Fsp3) is 0.333. The Hall–Kier alpha value is -3.42. The van der Waals surface area contributed by atoms with Crippen molar-refractivity contribution < 1.29 is 18.7 Å². The van der Waals surface area contributed by atoms with E-state index in [2.05, 4.69) is 10.1 Å². The maximum Gasteiger partial charge on any atom is 0.341 e. The molecule has 0 saturated heterocycles. The minimum atomic E-state index is -0.467. The van der Waals surface area contributed by atoms with Crippen LogP contribution in [-0.2, 0) is 11.3 Å². The van der Waals surface area contributed by atoms with E-state index >= 15 is 0 Å². The first kappa shape index (κ1) is 20.3. The monoisotopic (exact) mass is 396 g/mol. The summed E-state index contributed by atoms with van der Waals surface area (Å²) in [5.41, 5.74) is 1.64. The molecule has 0 aliphatic heterocycles. The fourth-order valence-electron chi connectivity index (χ4n) is 3.19. The predicted octanol–water partition coefficient (Wildman–Crippen LogP) is 3.35. The average molecular weight is 396 g/mol. The number of nitrogens with zero attached hydrogens (tertiary/aromatic N) is 4. The lowest BCUT2D eigenvalue weighted by atomic mass is 10.0. The van der Waals surface area contributed by atoms with E-state index in [-0.39, 0.29) is 18.4 Å². The summed E-state index contributed by atoms with van der Waals surface area (Å²) in [7, 11) is 3.00. The molecule has 8 nitrogen and oxygen atoms in total. The second-order valence-corrected chi connectivity index (χ2v) is 7.03. The zero-order valence-electron chi connectivity index (χ0n) is 17.2. The first-order valence-electron chi connectivity index (χ1n) is 9.25. The van der Waals surface area contributed by atoms with Crippen LogP contribution in [-0.4, -0.2) is 45.7 Å². The third-order valence-electron chi connectivity index (χ3n) is 4.56. The van der Waals surface area contributed by atoms with E-state index in [1.165, 1.54) is 12.0 Å². The number of methoxy groups -OCH3 is 1. The number of hydrogen-bond donors (Lipinski definition) is 0. The average Bonchev–Trinajstić information content (AvgIpc) is 3.31. The standard InChI is InChI=1S/C21H24N4O4/c1-13(2)19-17(11-23-25(19)18-8-6-7-9-22-18)20(26)24(4)12-15-10-16(14(3)29-15)21(27)28-5/h6-11,13H,12H2,1-5H3. The van der Waals surface area contributed by atoms with Gasteiger partial charge in [-0.15, -0.1) is 0 Å². The molecule has 3 aromatic rings. The number of hydrogen-bond acceptors (Lipinski definition) is 6. The Bertz CT molecular complexity index is 1020. The Morgan fingerprint density at radius 3 is 2.66 bits per heavy atom. The molecule has 0 aliphatic rings. The summed E-state index contributed by atoms with van der Waals surface area (Å²) in [4.78, 5) is 30.7. The lowest BCUT2D eigenvalue weighted by Crippen LogP contribution is -2.27. The first-order chi connectivity index (χ1) is 13.8. The highest BCUT2D eigenvalue weighted by Gasteiger charge is 2.25. The van der Waals surface area contributed by atoms with E-state index in [1.807, 2.05) is 32.0 Å². The van der Waals surface area contributed by atoms with Gasteiger partial charge >= 0.3 is 5.97 Å². The zero-order valence-corrected chi connectivity index (χ0v) is 17.2. The number of ether oxygens (including phenoxy) is 1. The van der Waals surface area contributed by atoms with Gasteiger partial charge in [0.2, 0.25) is 0 Å². The number of aromatic nitrogens is 3. The molecule has 3 rings (SSSR count). The first-order valence-corrected chi connectivity index (χ1v) is 9.25. The van der Waals surface area contributed by atoms with Gasteiger partial charge in [-0.3, -0.25) is 4.79 Å². The molecule has 0 radical (unpaired) electrons. The van der Waals surface area contributed by atoms with Gasteiger partial charge in [0.05, 0.1) is 31.1 Å². The van der Waals surface area contributed by atoms with Crippen LogP contribution in [0.25, 0.3) is 5.82 Å². The second-order valence-electron chi connectivity index (χ2n) is 7.03. The molecule has 0 N–H and O–H groups in total. The number of rotatable bonds is 6. The van der Waals surface area contributed by atoms with Crippen molar-refractivity contribution in [3.63, 3.8) is 0 Å². The molecule has 0 aromatic carbocycles. The van der Waals surface area contributed by atoms with E-state index in [9.17, 15) is 9.59 Å². The van der Waals surface area contributed by atoms with Gasteiger partial charge in [0.15, 0.2) is 5.82 Å². The molecular formula is C21H24N4O4. The van der Waals surface area contributed by atoms with Crippen molar-refractivity contribution in [2.24, 2.45) is 0 Å². The molecule has 0 unspecified atom stereocenters. The molecular weight excluding hydrogens is 372 g/mol. The second kappa shape index (κ2) is 8.30. The smallest absolute Gasteiger partial charge is 0.341 e. The molecule has 0 fully saturated rings. The topological polar surface area (TPSA) is 90.5 Å². The number of aryl methyl sites for hydroxylation is 1. The summed E-state index contributed by atoms with van der Waals surface area (Å²) < 4.78 is 12.1. The highest BCUT2D eigenvalue weighted by molar-refractivity contribution is 5.95. The third-order valence-corrected chi connectivity index (χ3v) is 4.56. The zero-order chi connectivity index (χ0) is 21.1. The van der Waals surface area contributed by atoms with Gasteiger partial charge in [0.1, 0.15) is 17.1 Å². The molecule has 3 aromatic heterocycles. The summed E-state index contributed by atoms with van der Waals surface area (Å²) in [6.45, 7) is 5.91. The van der Waals surface area contributed by atoms with Crippen LogP contribution in [0.4, 0.5) is 0 Å². The quantitative estimate of drug-likeness (QED) is 0.594. The molecule has 0 atom stereocenters. The molecule has 1 amide bonds. The molecule has 3 heterocycles. The SMILES string of the molecule is COC(=O)c1cc(CN(C)C(=O)c2cnn(-c3ccccn3)c2C(C)C)oc1C. The minimum Gasteiger partial charge on any atom is -0.465 e. The highest BCUT2D eigenvalue weighted by Crippen LogP contribution is 2.24. The van der Waals surface area contributed by atoms with Crippen LogP contribution >= 0.6 is 0 Å². The number of furan rings is 1. The van der Waals surface area contributed by atoms with E-state index in [1.54, 1.807) is 37.1 Å². The third kappa shape index (κ3) is 4.06. The van der Waals surface area contributed by atoms with Crippen molar-refractivity contribution in [3.05, 3.63) is 65.0 Å². The number of esters is 1. The number of pyridine rings is 1. The van der Waals surface area contributed by atoms with E-state index < -0.39 is 5.97 Å². The molecule has 0 saturated carbocycles. The van der Waals surface area contributed by atoms with Crippen molar-refractivity contribution >= 4 is 11.9 Å². The van der Waals surface area contributed by atoms with Crippen LogP contribution in [0.3, 0.4) is 0 Å². The van der Waals surface area contributed by atoms with Crippen molar-refractivity contribution in [1.29, 1.82) is 0 Å². The van der Waals surface area contributed by atoms with Gasteiger partial charge in [-0.25, -0.2) is 14.5 Å². The maximum absolute atomic E-state index is 13.1. The van der Waals surface area contributed by atoms with Crippen molar-refractivity contribution in [3.8, 4) is 5.82 Å². The molecule has 29 heavy (non-hydrogen) atoms. The van der Waals surface area contributed by atoms with Crippen molar-refractivity contribution in [2.45, 2.75) is 33.2 Å². The normalized spacial score (nSPS) is 11.0. The van der Waals surface area contributed by atoms with E-state index in [0.717, 1.165) is 5.69 Å². The summed E-state index contributed by atoms with van der Waals surface area (Å²) in [5.74, 6) is 1.01. The fourth-order valence-corrected chi connectivity index (χ4v) is 3.19. The predicted molar refractivity (Wildman–Crippen MR) is 106 cm³/mol. The summed E-state index contributed by atoms with van der Waals surface area (Å²) >= 11 is 0. The van der Waals surface area contributed by atoms with Gasteiger partial charge < -0.3 is 14.1 Å². The van der Waals surface area contributed by atoms with Crippen molar-refractivity contribution in [2.75, 3.05) is 14.2 Å². The van der Waals surface area contributed by atoms with E-state index in [0.29, 0.717) is 28.5 Å². The van der Waals surface area contributed by atoms with Gasteiger partial charge in [-0.2, -0.15) is 5.10 Å². The van der Waals surface area contributed by atoms with Crippen molar-refractivity contribution in [1.82, 2.24) is 19.7 Å². The Kier molecular flexibility index (Phi) is 5.81. The van der Waals surface area contributed by atoms with Gasteiger partial charge in [-0.05, 0) is 31.0 Å². The van der Waals surface area contributed by atoms with Crippen LogP contribution in [0, 0.1) is 6.92 Å². The summed E-state index contributed by atoms with van der Waals surface area (Å²) in [6.07, 6.45) is 3.25. The van der Waals surface area contributed by atoms with Crippen LogP contribution in [0.15, 0.2) is 41.1 Å². The van der Waals surface area contributed by atoms with Crippen LogP contribution < -0.4 is 0 Å². The Balaban J connectivity index is 1.87. The Morgan fingerprint density at radius 1 is 1.28 bits per heavy atom.